The molecule has 0 radical (unpaired) electrons. The van der Waals surface area contributed by atoms with Crippen molar-refractivity contribution in [2.75, 3.05) is 13.1 Å². The number of aromatic nitrogens is 2. The van der Waals surface area contributed by atoms with Gasteiger partial charge in [0.15, 0.2) is 0 Å². The average Bonchev–Trinajstić information content (AvgIpc) is 2.92. The topological polar surface area (TPSA) is 91.0 Å². The second kappa shape index (κ2) is 5.89. The molecular formula is C17H25N5O. The van der Waals surface area contributed by atoms with Gasteiger partial charge in [-0.15, -0.1) is 5.10 Å². The Morgan fingerprint density at radius 3 is 2.70 bits per heavy atom. The van der Waals surface area contributed by atoms with Gasteiger partial charge in [0.1, 0.15) is 11.6 Å². The first kappa shape index (κ1) is 15.9. The summed E-state index contributed by atoms with van der Waals surface area (Å²) < 4.78 is 5.64. The number of fused-ring (bicyclic) bond motifs is 2. The number of hydrogen-bond donors (Lipinski definition) is 2. The van der Waals surface area contributed by atoms with Gasteiger partial charge < -0.3 is 15.4 Å². The second-order valence-corrected chi connectivity index (χ2v) is 6.80. The van der Waals surface area contributed by atoms with Crippen molar-refractivity contribution < 1.29 is 4.74 Å². The Morgan fingerprint density at radius 1 is 1.43 bits per heavy atom. The van der Waals surface area contributed by atoms with Crippen LogP contribution in [0.5, 0.6) is 5.88 Å². The minimum Gasteiger partial charge on any atom is -0.420 e. The zero-order valence-electron chi connectivity index (χ0n) is 14.1. The van der Waals surface area contributed by atoms with E-state index in [1.54, 1.807) is 0 Å². The highest BCUT2D eigenvalue weighted by Gasteiger charge is 2.49. The van der Waals surface area contributed by atoms with Crippen molar-refractivity contribution in [3.05, 3.63) is 22.7 Å². The van der Waals surface area contributed by atoms with Gasteiger partial charge >= 0.3 is 0 Å². The molecule has 1 fully saturated rings. The number of H-pyrrole nitrogens is 1. The number of rotatable bonds is 3. The third-order valence-corrected chi connectivity index (χ3v) is 5.21. The van der Waals surface area contributed by atoms with E-state index in [0.29, 0.717) is 17.5 Å². The number of hydrogen-bond acceptors (Lipinski definition) is 5. The Morgan fingerprint density at radius 2 is 2.13 bits per heavy atom. The summed E-state index contributed by atoms with van der Waals surface area (Å²) in [6.07, 6.45) is 3.67. The molecule has 2 aliphatic heterocycles. The number of allylic oxidation sites excluding steroid dienone is 1. The molecule has 3 heterocycles. The predicted octanol–water partition coefficient (Wildman–Crippen LogP) is 2.19. The van der Waals surface area contributed by atoms with Crippen LogP contribution in [0.3, 0.4) is 0 Å². The van der Waals surface area contributed by atoms with Gasteiger partial charge in [-0.2, -0.15) is 5.26 Å². The van der Waals surface area contributed by atoms with Gasteiger partial charge in [0, 0.05) is 22.7 Å². The quantitative estimate of drug-likeness (QED) is 0.892. The number of aryl methyl sites for hydroxylation is 1. The first-order valence-corrected chi connectivity index (χ1v) is 8.43. The van der Waals surface area contributed by atoms with Crippen molar-refractivity contribution in [1.29, 1.82) is 5.26 Å². The van der Waals surface area contributed by atoms with Crippen molar-refractivity contribution in [3.8, 4) is 11.9 Å². The fraction of sp³-hybridized carbons (Fsp3) is 0.647. The molecule has 3 N–H and O–H groups in total. The first-order chi connectivity index (χ1) is 11.0. The molecule has 0 amide bonds. The van der Waals surface area contributed by atoms with E-state index in [9.17, 15) is 5.26 Å². The fourth-order valence-corrected chi connectivity index (χ4v) is 3.96. The van der Waals surface area contributed by atoms with Crippen LogP contribution in [0.25, 0.3) is 0 Å². The van der Waals surface area contributed by atoms with E-state index in [-0.39, 0.29) is 11.3 Å². The summed E-state index contributed by atoms with van der Waals surface area (Å²) in [5.41, 5.74) is 8.43. The largest absolute Gasteiger partial charge is 0.420 e. The van der Waals surface area contributed by atoms with Crippen LogP contribution in [-0.2, 0) is 11.8 Å². The number of piperidine rings is 1. The highest BCUT2D eigenvalue weighted by atomic mass is 16.5. The maximum Gasteiger partial charge on any atom is 0.244 e. The minimum atomic E-state index is -0.352. The maximum atomic E-state index is 9.73. The molecule has 0 bridgehead atoms. The number of ether oxygens (including phenoxy) is 1. The predicted molar refractivity (Wildman–Crippen MR) is 87.7 cm³/mol. The minimum absolute atomic E-state index is 0.215. The zero-order valence-corrected chi connectivity index (χ0v) is 14.1. The molecule has 124 valence electrons. The summed E-state index contributed by atoms with van der Waals surface area (Å²) in [4.78, 5) is 2.45. The number of nitrogens with two attached hydrogens (primary N) is 1. The molecule has 0 aromatic carbocycles. The van der Waals surface area contributed by atoms with Crippen LogP contribution < -0.4 is 10.5 Å². The summed E-state index contributed by atoms with van der Waals surface area (Å²) >= 11 is 0. The lowest BCUT2D eigenvalue weighted by molar-refractivity contribution is 0.138. The summed E-state index contributed by atoms with van der Waals surface area (Å²) in [5, 5.41) is 17.1. The Bertz CT molecular complexity index is 659. The fourth-order valence-electron chi connectivity index (χ4n) is 3.96. The van der Waals surface area contributed by atoms with Gasteiger partial charge in [0.05, 0.1) is 0 Å². The lowest BCUT2D eigenvalue weighted by Gasteiger charge is -2.44. The number of nitriles is 1. The van der Waals surface area contributed by atoms with Gasteiger partial charge in [-0.25, -0.2) is 0 Å². The third kappa shape index (κ3) is 2.40. The van der Waals surface area contributed by atoms with Crippen LogP contribution in [0, 0.1) is 11.3 Å². The average molecular weight is 315 g/mol. The van der Waals surface area contributed by atoms with Crippen molar-refractivity contribution in [2.24, 2.45) is 5.73 Å². The number of likely N-dealkylation sites (tertiary alicyclic amines) is 1. The lowest BCUT2D eigenvalue weighted by atomic mass is 9.66. The second-order valence-electron chi connectivity index (χ2n) is 6.80. The van der Waals surface area contributed by atoms with Crippen molar-refractivity contribution >= 4 is 0 Å². The summed E-state index contributed by atoms with van der Waals surface area (Å²) in [5.74, 6) is 0.774. The molecule has 0 atom stereocenters. The SMILES string of the molecule is CCCc1[nH]nc2c1C1(CCN(C(C)C)CC1)C(C#N)=C(N)O2. The van der Waals surface area contributed by atoms with Gasteiger partial charge in [0.2, 0.25) is 11.8 Å². The summed E-state index contributed by atoms with van der Waals surface area (Å²) in [6.45, 7) is 8.46. The Balaban J connectivity index is 2.07. The number of nitrogens with one attached hydrogen (secondary N) is 1. The van der Waals surface area contributed by atoms with E-state index in [2.05, 4.69) is 41.9 Å². The maximum absolute atomic E-state index is 9.73. The van der Waals surface area contributed by atoms with E-state index in [1.165, 1.54) is 0 Å². The number of nitrogens with zero attached hydrogens (tertiary/aromatic N) is 3. The third-order valence-electron chi connectivity index (χ3n) is 5.21. The first-order valence-electron chi connectivity index (χ1n) is 8.43. The molecule has 1 saturated heterocycles. The van der Waals surface area contributed by atoms with E-state index in [0.717, 1.165) is 50.0 Å². The Labute approximate surface area is 137 Å². The van der Waals surface area contributed by atoms with E-state index in [1.807, 2.05) is 0 Å². The molecule has 0 aliphatic carbocycles. The molecule has 1 aromatic heterocycles. The van der Waals surface area contributed by atoms with Gasteiger partial charge in [-0.3, -0.25) is 5.10 Å². The van der Waals surface area contributed by atoms with Gasteiger partial charge in [-0.1, -0.05) is 13.3 Å². The molecular weight excluding hydrogens is 290 g/mol. The van der Waals surface area contributed by atoms with Crippen LogP contribution in [-0.4, -0.2) is 34.2 Å². The van der Waals surface area contributed by atoms with Crippen LogP contribution in [0.15, 0.2) is 11.5 Å². The highest BCUT2D eigenvalue weighted by molar-refractivity contribution is 5.54. The van der Waals surface area contributed by atoms with E-state index in [4.69, 9.17) is 10.5 Å². The van der Waals surface area contributed by atoms with Gasteiger partial charge in [-0.05, 0) is 46.2 Å². The molecule has 3 rings (SSSR count). The molecule has 2 aliphatic rings. The molecule has 6 nitrogen and oxygen atoms in total. The zero-order chi connectivity index (χ0) is 16.6. The highest BCUT2D eigenvalue weighted by Crippen LogP contribution is 2.50. The normalized spacial score (nSPS) is 20.5. The van der Waals surface area contributed by atoms with Crippen molar-refractivity contribution in [1.82, 2.24) is 15.1 Å². The summed E-state index contributed by atoms with van der Waals surface area (Å²) in [6, 6.07) is 2.84. The molecule has 6 heteroatoms. The monoisotopic (exact) mass is 315 g/mol. The van der Waals surface area contributed by atoms with Crippen LogP contribution >= 0.6 is 0 Å². The van der Waals surface area contributed by atoms with Crippen molar-refractivity contribution in [2.45, 2.75) is 57.9 Å². The van der Waals surface area contributed by atoms with E-state index < -0.39 is 0 Å². The standard InChI is InChI=1S/C17H25N5O/c1-4-5-13-14-16(21-20-13)23-15(19)12(10-18)17(14)6-8-22(9-7-17)11(2)3/h11H,4-9,19H2,1-3H3,(H,20,21). The summed E-state index contributed by atoms with van der Waals surface area (Å²) in [7, 11) is 0. The Hall–Kier alpha value is -2.00. The Kier molecular flexibility index (Phi) is 4.07. The lowest BCUT2D eigenvalue weighted by Crippen LogP contribution is -2.48. The number of aromatic amines is 1. The van der Waals surface area contributed by atoms with E-state index >= 15 is 0 Å². The molecule has 0 saturated carbocycles. The smallest absolute Gasteiger partial charge is 0.244 e. The van der Waals surface area contributed by atoms with Crippen molar-refractivity contribution in [3.63, 3.8) is 0 Å². The van der Waals surface area contributed by atoms with Crippen LogP contribution in [0.4, 0.5) is 0 Å². The molecule has 23 heavy (non-hydrogen) atoms. The van der Waals surface area contributed by atoms with Crippen LogP contribution in [0.1, 0.15) is 51.3 Å². The van der Waals surface area contributed by atoms with Crippen LogP contribution in [0.2, 0.25) is 0 Å². The molecule has 0 unspecified atom stereocenters. The molecule has 1 spiro atoms. The molecule has 1 aromatic rings. The van der Waals surface area contributed by atoms with Gasteiger partial charge in [0.25, 0.3) is 0 Å².